The first-order valence-electron chi connectivity index (χ1n) is 8.99. The van der Waals surface area contributed by atoms with Crippen molar-refractivity contribution in [3.63, 3.8) is 0 Å². The lowest BCUT2D eigenvalue weighted by Crippen LogP contribution is -2.07. The van der Waals surface area contributed by atoms with Crippen LogP contribution < -0.4 is 0 Å². The number of hydrogen-bond donors (Lipinski definition) is 0. The predicted octanol–water partition coefficient (Wildman–Crippen LogP) is 2.92. The van der Waals surface area contributed by atoms with Crippen LogP contribution in [-0.2, 0) is 38.4 Å². The molecule has 0 amide bonds. The zero-order chi connectivity index (χ0) is 18.8. The van der Waals surface area contributed by atoms with Gasteiger partial charge in [0.1, 0.15) is 0 Å². The molecule has 0 spiro atoms. The van der Waals surface area contributed by atoms with Gasteiger partial charge in [-0.3, -0.25) is 9.59 Å². The first kappa shape index (κ1) is 19.7. The molecule has 140 valence electrons. The van der Waals surface area contributed by atoms with Gasteiger partial charge in [0, 0.05) is 31.8 Å². The van der Waals surface area contributed by atoms with Crippen LogP contribution >= 0.6 is 0 Å². The predicted molar refractivity (Wildman–Crippen MR) is 97.7 cm³/mol. The molecule has 0 unspecified atom stereocenters. The highest BCUT2D eigenvalue weighted by atomic mass is 16.5. The normalized spacial score (nSPS) is 10.5. The molecule has 26 heavy (non-hydrogen) atoms. The van der Waals surface area contributed by atoms with Crippen LogP contribution in [0.2, 0.25) is 0 Å². The number of esters is 2. The first-order valence-corrected chi connectivity index (χ1v) is 8.99. The number of carbonyl (C=O) groups is 2. The van der Waals surface area contributed by atoms with E-state index in [9.17, 15) is 9.59 Å². The minimum absolute atomic E-state index is 0.194. The van der Waals surface area contributed by atoms with E-state index in [1.165, 1.54) is 0 Å². The lowest BCUT2D eigenvalue weighted by atomic mass is 9.99. The number of carbonyl (C=O) groups excluding carboxylic acids is 2. The Kier molecular flexibility index (Phi) is 7.86. The van der Waals surface area contributed by atoms with E-state index < -0.39 is 0 Å². The van der Waals surface area contributed by atoms with Crippen molar-refractivity contribution >= 4 is 11.9 Å². The second kappa shape index (κ2) is 10.4. The minimum Gasteiger partial charge on any atom is -0.466 e. The molecule has 0 bridgehead atoms. The number of benzene rings is 1. The van der Waals surface area contributed by atoms with Crippen LogP contribution in [0.1, 0.15) is 43.4 Å². The Hall–Kier alpha value is -2.63. The van der Waals surface area contributed by atoms with Crippen molar-refractivity contribution in [1.29, 1.82) is 0 Å². The van der Waals surface area contributed by atoms with Crippen LogP contribution in [-0.4, -0.2) is 34.7 Å². The van der Waals surface area contributed by atoms with Gasteiger partial charge in [-0.15, -0.1) is 0 Å². The molecule has 2 rings (SSSR count). The average molecular weight is 358 g/mol. The molecule has 1 aromatic heterocycles. The van der Waals surface area contributed by atoms with E-state index in [0.717, 1.165) is 16.7 Å². The highest BCUT2D eigenvalue weighted by Crippen LogP contribution is 2.16. The van der Waals surface area contributed by atoms with Gasteiger partial charge in [0.25, 0.3) is 0 Å². The Bertz CT molecular complexity index is 670. The summed E-state index contributed by atoms with van der Waals surface area (Å²) < 4.78 is 12.0. The zero-order valence-electron chi connectivity index (χ0n) is 15.4. The summed E-state index contributed by atoms with van der Waals surface area (Å²) in [4.78, 5) is 27.3. The molecular weight excluding hydrogens is 332 g/mol. The quantitative estimate of drug-likeness (QED) is 0.611. The Morgan fingerprint density at radius 3 is 1.92 bits per heavy atom. The van der Waals surface area contributed by atoms with Gasteiger partial charge in [-0.25, -0.2) is 4.98 Å². The molecule has 0 aliphatic carbocycles. The SMILES string of the molecule is CCOC(=O)CCc1cc(CCC(=O)OCC)cc(Cn2ccnc2)c1. The molecule has 6 heteroatoms. The van der Waals surface area contributed by atoms with E-state index in [2.05, 4.69) is 23.2 Å². The molecule has 0 atom stereocenters. The Balaban J connectivity index is 2.10. The second-order valence-corrected chi connectivity index (χ2v) is 6.00. The van der Waals surface area contributed by atoms with Crippen molar-refractivity contribution in [3.8, 4) is 0 Å². The maximum Gasteiger partial charge on any atom is 0.306 e. The van der Waals surface area contributed by atoms with Gasteiger partial charge in [0.05, 0.1) is 19.5 Å². The third-order valence-electron chi connectivity index (χ3n) is 3.88. The fourth-order valence-corrected chi connectivity index (χ4v) is 2.77. The molecule has 0 saturated heterocycles. The Morgan fingerprint density at radius 1 is 0.923 bits per heavy atom. The lowest BCUT2D eigenvalue weighted by Gasteiger charge is -2.11. The van der Waals surface area contributed by atoms with Gasteiger partial charge in [0.2, 0.25) is 0 Å². The fourth-order valence-electron chi connectivity index (χ4n) is 2.77. The van der Waals surface area contributed by atoms with Crippen molar-refractivity contribution in [2.45, 2.75) is 46.1 Å². The second-order valence-electron chi connectivity index (χ2n) is 6.00. The van der Waals surface area contributed by atoms with Crippen molar-refractivity contribution in [3.05, 3.63) is 53.6 Å². The van der Waals surface area contributed by atoms with E-state index in [-0.39, 0.29) is 11.9 Å². The number of hydrogen-bond acceptors (Lipinski definition) is 5. The number of rotatable bonds is 10. The van der Waals surface area contributed by atoms with Crippen molar-refractivity contribution in [2.75, 3.05) is 13.2 Å². The number of imidazole rings is 1. The van der Waals surface area contributed by atoms with Crippen LogP contribution in [0.25, 0.3) is 0 Å². The molecular formula is C20H26N2O4. The van der Waals surface area contributed by atoms with E-state index in [0.29, 0.717) is 45.4 Å². The van der Waals surface area contributed by atoms with Gasteiger partial charge < -0.3 is 14.0 Å². The molecule has 0 radical (unpaired) electrons. The first-order chi connectivity index (χ1) is 12.6. The topological polar surface area (TPSA) is 70.4 Å². The lowest BCUT2D eigenvalue weighted by molar-refractivity contribution is -0.143. The summed E-state index contributed by atoms with van der Waals surface area (Å²) in [5.41, 5.74) is 3.24. The number of nitrogens with zero attached hydrogens (tertiary/aromatic N) is 2. The fraction of sp³-hybridized carbons (Fsp3) is 0.450. The van der Waals surface area contributed by atoms with Gasteiger partial charge >= 0.3 is 11.9 Å². The van der Waals surface area contributed by atoms with E-state index in [4.69, 9.17) is 9.47 Å². The molecule has 0 N–H and O–H groups in total. The van der Waals surface area contributed by atoms with Gasteiger partial charge in [-0.05, 0) is 43.4 Å². The number of aryl methyl sites for hydroxylation is 2. The van der Waals surface area contributed by atoms with Crippen molar-refractivity contribution in [2.24, 2.45) is 0 Å². The third-order valence-corrected chi connectivity index (χ3v) is 3.88. The smallest absolute Gasteiger partial charge is 0.306 e. The molecule has 6 nitrogen and oxygen atoms in total. The average Bonchev–Trinajstić information content (AvgIpc) is 3.12. The standard InChI is InChI=1S/C20H26N2O4/c1-3-25-19(23)7-5-16-11-17(6-8-20(24)26-4-2)13-18(12-16)14-22-10-9-21-15-22/h9-13,15H,3-8,14H2,1-2H3. The summed E-state index contributed by atoms with van der Waals surface area (Å²) in [5.74, 6) is -0.388. The van der Waals surface area contributed by atoms with E-state index in [1.54, 1.807) is 26.4 Å². The van der Waals surface area contributed by atoms with E-state index in [1.807, 2.05) is 10.8 Å². The Labute approximate surface area is 154 Å². The third kappa shape index (κ3) is 6.70. The molecule has 0 aliphatic rings. The summed E-state index contributed by atoms with van der Waals surface area (Å²) in [5, 5.41) is 0. The van der Waals surface area contributed by atoms with E-state index >= 15 is 0 Å². The summed E-state index contributed by atoms with van der Waals surface area (Å²) in [7, 11) is 0. The van der Waals surface area contributed by atoms with Crippen LogP contribution in [0.3, 0.4) is 0 Å². The van der Waals surface area contributed by atoms with Crippen molar-refractivity contribution in [1.82, 2.24) is 9.55 Å². The summed E-state index contributed by atoms with van der Waals surface area (Å²) in [6.07, 6.45) is 7.34. The minimum atomic E-state index is -0.194. The number of aromatic nitrogens is 2. The summed E-state index contributed by atoms with van der Waals surface area (Å²) in [6.45, 7) is 5.09. The molecule has 0 saturated carbocycles. The molecule has 1 heterocycles. The molecule has 0 fully saturated rings. The van der Waals surface area contributed by atoms with Gasteiger partial charge in [-0.2, -0.15) is 0 Å². The van der Waals surface area contributed by atoms with Crippen LogP contribution in [0.5, 0.6) is 0 Å². The van der Waals surface area contributed by atoms with Crippen LogP contribution in [0.15, 0.2) is 36.9 Å². The largest absolute Gasteiger partial charge is 0.466 e. The summed E-state index contributed by atoms with van der Waals surface area (Å²) in [6, 6.07) is 6.23. The monoisotopic (exact) mass is 358 g/mol. The van der Waals surface area contributed by atoms with Crippen LogP contribution in [0.4, 0.5) is 0 Å². The maximum absolute atomic E-state index is 11.6. The van der Waals surface area contributed by atoms with Crippen molar-refractivity contribution < 1.29 is 19.1 Å². The van der Waals surface area contributed by atoms with Gasteiger partial charge in [0.15, 0.2) is 0 Å². The molecule has 0 aliphatic heterocycles. The molecule has 1 aromatic carbocycles. The van der Waals surface area contributed by atoms with Gasteiger partial charge in [-0.1, -0.05) is 18.2 Å². The summed E-state index contributed by atoms with van der Waals surface area (Å²) >= 11 is 0. The maximum atomic E-state index is 11.6. The Morgan fingerprint density at radius 2 is 1.46 bits per heavy atom. The zero-order valence-corrected chi connectivity index (χ0v) is 15.4. The highest BCUT2D eigenvalue weighted by molar-refractivity contribution is 5.70. The highest BCUT2D eigenvalue weighted by Gasteiger charge is 2.08. The van der Waals surface area contributed by atoms with Crippen LogP contribution in [0, 0.1) is 0 Å². The number of ether oxygens (including phenoxy) is 2. The molecule has 2 aromatic rings.